The van der Waals surface area contributed by atoms with E-state index in [1.165, 1.54) is 0 Å². The van der Waals surface area contributed by atoms with Crippen LogP contribution in [-0.4, -0.2) is 22.1 Å². The minimum atomic E-state index is -0.205. The number of rotatable bonds is 3. The van der Waals surface area contributed by atoms with Gasteiger partial charge in [-0.25, -0.2) is 9.97 Å². The molecule has 0 radical (unpaired) electrons. The van der Waals surface area contributed by atoms with Crippen molar-refractivity contribution < 1.29 is 4.79 Å². The van der Waals surface area contributed by atoms with E-state index in [1.54, 1.807) is 42.4 Å². The fourth-order valence-electron chi connectivity index (χ4n) is 1.28. The van der Waals surface area contributed by atoms with Crippen molar-refractivity contribution in [2.24, 2.45) is 0 Å². The molecule has 1 N–H and O–H groups in total. The second-order valence-corrected chi connectivity index (χ2v) is 4.13. The molecule has 86 valence electrons. The zero-order valence-corrected chi connectivity index (χ0v) is 10.1. The van der Waals surface area contributed by atoms with E-state index >= 15 is 0 Å². The molecule has 17 heavy (non-hydrogen) atoms. The number of nitrogens with zero attached hydrogens (tertiary/aromatic N) is 2. The summed E-state index contributed by atoms with van der Waals surface area (Å²) in [5.41, 5.74) is 0.593. The molecule has 5 heteroatoms. The van der Waals surface area contributed by atoms with Gasteiger partial charge < -0.3 is 0 Å². The van der Waals surface area contributed by atoms with Crippen molar-refractivity contribution in [2.75, 3.05) is 11.6 Å². The van der Waals surface area contributed by atoms with Gasteiger partial charge >= 0.3 is 0 Å². The Balaban J connectivity index is 2.09. The summed E-state index contributed by atoms with van der Waals surface area (Å²) in [5, 5.41) is 2.63. The third-order valence-corrected chi connectivity index (χ3v) is 2.89. The molecule has 0 aliphatic rings. The number of thioether (sulfide) groups is 1. The monoisotopic (exact) mass is 245 g/mol. The van der Waals surface area contributed by atoms with Gasteiger partial charge in [-0.2, -0.15) is 0 Å². The van der Waals surface area contributed by atoms with Crippen LogP contribution in [0.25, 0.3) is 0 Å². The average Bonchev–Trinajstić information content (AvgIpc) is 2.40. The van der Waals surface area contributed by atoms with Crippen LogP contribution in [0.15, 0.2) is 47.6 Å². The van der Waals surface area contributed by atoms with Crippen LogP contribution < -0.4 is 5.32 Å². The standard InChI is InChI=1S/C12H11N3OS/c1-17-10-5-3-9(4-6-10)11(16)15-12-13-7-2-8-14-12/h2-8H,1H3,(H,13,14,15,16). The van der Waals surface area contributed by atoms with Crippen LogP contribution >= 0.6 is 11.8 Å². The van der Waals surface area contributed by atoms with Crippen LogP contribution in [0.5, 0.6) is 0 Å². The normalized spacial score (nSPS) is 9.94. The Morgan fingerprint density at radius 2 is 1.82 bits per heavy atom. The molecule has 0 bridgehead atoms. The van der Waals surface area contributed by atoms with Gasteiger partial charge in [-0.15, -0.1) is 11.8 Å². The maximum atomic E-state index is 11.8. The van der Waals surface area contributed by atoms with Crippen LogP contribution in [0.3, 0.4) is 0 Å². The lowest BCUT2D eigenvalue weighted by atomic mass is 10.2. The first kappa shape index (κ1) is 11.6. The molecule has 0 atom stereocenters. The van der Waals surface area contributed by atoms with Crippen LogP contribution in [0.2, 0.25) is 0 Å². The predicted octanol–water partition coefficient (Wildman–Crippen LogP) is 2.45. The van der Waals surface area contributed by atoms with Crippen molar-refractivity contribution in [3.05, 3.63) is 48.3 Å². The second-order valence-electron chi connectivity index (χ2n) is 3.26. The molecule has 0 aliphatic carbocycles. The Labute approximate surface area is 103 Å². The SMILES string of the molecule is CSc1ccc(C(=O)Nc2ncccn2)cc1. The highest BCUT2D eigenvalue weighted by atomic mass is 32.2. The molecular formula is C12H11N3OS. The molecule has 1 aromatic carbocycles. The number of hydrogen-bond donors (Lipinski definition) is 1. The summed E-state index contributed by atoms with van der Waals surface area (Å²) >= 11 is 1.64. The summed E-state index contributed by atoms with van der Waals surface area (Å²) < 4.78 is 0. The summed E-state index contributed by atoms with van der Waals surface area (Å²) in [6, 6.07) is 9.08. The maximum absolute atomic E-state index is 11.8. The fourth-order valence-corrected chi connectivity index (χ4v) is 1.69. The zero-order valence-electron chi connectivity index (χ0n) is 9.25. The van der Waals surface area contributed by atoms with Gasteiger partial charge in [0.15, 0.2) is 0 Å². The number of nitrogens with one attached hydrogen (secondary N) is 1. The van der Waals surface area contributed by atoms with E-state index in [2.05, 4.69) is 15.3 Å². The number of carbonyl (C=O) groups is 1. The highest BCUT2D eigenvalue weighted by molar-refractivity contribution is 7.98. The first-order valence-corrected chi connectivity index (χ1v) is 6.24. The van der Waals surface area contributed by atoms with E-state index in [1.807, 2.05) is 18.4 Å². The van der Waals surface area contributed by atoms with E-state index in [0.29, 0.717) is 11.5 Å². The summed E-state index contributed by atoms with van der Waals surface area (Å²) in [4.78, 5) is 20.8. The van der Waals surface area contributed by atoms with Gasteiger partial charge in [-0.1, -0.05) is 0 Å². The fraction of sp³-hybridized carbons (Fsp3) is 0.0833. The summed E-state index contributed by atoms with van der Waals surface area (Å²) in [6.07, 6.45) is 5.16. The Morgan fingerprint density at radius 1 is 1.18 bits per heavy atom. The van der Waals surface area contributed by atoms with Crippen molar-refractivity contribution in [3.63, 3.8) is 0 Å². The summed E-state index contributed by atoms with van der Waals surface area (Å²) in [7, 11) is 0. The van der Waals surface area contributed by atoms with Gasteiger partial charge in [0.05, 0.1) is 0 Å². The van der Waals surface area contributed by atoms with E-state index in [9.17, 15) is 4.79 Å². The van der Waals surface area contributed by atoms with Gasteiger partial charge in [0.2, 0.25) is 5.95 Å². The smallest absolute Gasteiger partial charge is 0.258 e. The molecule has 0 saturated carbocycles. The lowest BCUT2D eigenvalue weighted by Gasteiger charge is -2.03. The van der Waals surface area contributed by atoms with Crippen molar-refractivity contribution >= 4 is 23.6 Å². The lowest BCUT2D eigenvalue weighted by molar-refractivity contribution is 0.102. The van der Waals surface area contributed by atoms with E-state index in [0.717, 1.165) is 4.90 Å². The molecule has 1 amide bonds. The maximum Gasteiger partial charge on any atom is 0.258 e. The third kappa shape index (κ3) is 3.04. The van der Waals surface area contributed by atoms with Crippen LogP contribution in [0.1, 0.15) is 10.4 Å². The van der Waals surface area contributed by atoms with E-state index in [4.69, 9.17) is 0 Å². The molecule has 4 nitrogen and oxygen atoms in total. The number of anilines is 1. The predicted molar refractivity (Wildman–Crippen MR) is 68.2 cm³/mol. The van der Waals surface area contributed by atoms with Crippen LogP contribution in [0, 0.1) is 0 Å². The number of amides is 1. The quantitative estimate of drug-likeness (QED) is 0.844. The molecule has 0 fully saturated rings. The first-order chi connectivity index (χ1) is 8.29. The van der Waals surface area contributed by atoms with Crippen LogP contribution in [0.4, 0.5) is 5.95 Å². The molecule has 2 aromatic rings. The number of hydrogen-bond acceptors (Lipinski definition) is 4. The second kappa shape index (κ2) is 5.45. The largest absolute Gasteiger partial charge is 0.290 e. The van der Waals surface area contributed by atoms with Gasteiger partial charge in [-0.3, -0.25) is 10.1 Å². The molecule has 0 spiro atoms. The number of benzene rings is 1. The Hall–Kier alpha value is -1.88. The number of carbonyl (C=O) groups excluding carboxylic acids is 1. The Bertz CT molecular complexity index is 499. The van der Waals surface area contributed by atoms with Gasteiger partial charge in [-0.05, 0) is 36.6 Å². The molecule has 0 unspecified atom stereocenters. The van der Waals surface area contributed by atoms with Gasteiger partial charge in [0, 0.05) is 22.9 Å². The summed E-state index contributed by atoms with van der Waals surface area (Å²) in [6.45, 7) is 0. The summed E-state index contributed by atoms with van der Waals surface area (Å²) in [5.74, 6) is 0.107. The zero-order chi connectivity index (χ0) is 12.1. The first-order valence-electron chi connectivity index (χ1n) is 5.02. The van der Waals surface area contributed by atoms with Crippen molar-refractivity contribution in [2.45, 2.75) is 4.90 Å². The third-order valence-electron chi connectivity index (χ3n) is 2.14. The Kier molecular flexibility index (Phi) is 3.72. The van der Waals surface area contributed by atoms with Gasteiger partial charge in [0.1, 0.15) is 0 Å². The molecule has 1 heterocycles. The molecule has 2 rings (SSSR count). The van der Waals surface area contributed by atoms with E-state index in [-0.39, 0.29) is 5.91 Å². The van der Waals surface area contributed by atoms with Crippen molar-refractivity contribution in [1.29, 1.82) is 0 Å². The minimum absolute atomic E-state index is 0.205. The van der Waals surface area contributed by atoms with E-state index < -0.39 is 0 Å². The molecule has 1 aromatic heterocycles. The lowest BCUT2D eigenvalue weighted by Crippen LogP contribution is -2.13. The average molecular weight is 245 g/mol. The van der Waals surface area contributed by atoms with Gasteiger partial charge in [0.25, 0.3) is 5.91 Å². The molecule has 0 saturated heterocycles. The van der Waals surface area contributed by atoms with Crippen LogP contribution in [-0.2, 0) is 0 Å². The minimum Gasteiger partial charge on any atom is -0.290 e. The topological polar surface area (TPSA) is 54.9 Å². The van der Waals surface area contributed by atoms with Crippen molar-refractivity contribution in [3.8, 4) is 0 Å². The Morgan fingerprint density at radius 3 is 2.41 bits per heavy atom. The van der Waals surface area contributed by atoms with Crippen molar-refractivity contribution in [1.82, 2.24) is 9.97 Å². The number of aromatic nitrogens is 2. The molecule has 0 aliphatic heterocycles. The highest BCUT2D eigenvalue weighted by Crippen LogP contribution is 2.15. The molecular weight excluding hydrogens is 234 g/mol. The highest BCUT2D eigenvalue weighted by Gasteiger charge is 2.06.